The van der Waals surface area contributed by atoms with Crippen LogP contribution in [0.25, 0.3) is 0 Å². The van der Waals surface area contributed by atoms with Crippen molar-refractivity contribution in [3.8, 4) is 5.75 Å². The summed E-state index contributed by atoms with van der Waals surface area (Å²) >= 11 is 3.42. The fraction of sp³-hybridized carbons (Fsp3) is 0.500. The summed E-state index contributed by atoms with van der Waals surface area (Å²) in [4.78, 5) is 0. The second-order valence-corrected chi connectivity index (χ2v) is 4.39. The van der Waals surface area contributed by atoms with Crippen molar-refractivity contribution in [3.05, 3.63) is 28.7 Å². The minimum absolute atomic E-state index is 0.806. The molecule has 0 radical (unpaired) electrons. The predicted octanol–water partition coefficient (Wildman–Crippen LogP) is 3.22. The van der Waals surface area contributed by atoms with Gasteiger partial charge in [0.15, 0.2) is 0 Å². The van der Waals surface area contributed by atoms with Crippen LogP contribution in [0.3, 0.4) is 0 Å². The molecule has 0 amide bonds. The molecule has 0 unspecified atom stereocenters. The lowest BCUT2D eigenvalue weighted by molar-refractivity contribution is 0.305. The van der Waals surface area contributed by atoms with Gasteiger partial charge < -0.3 is 10.1 Å². The first-order chi connectivity index (χ1) is 7.33. The van der Waals surface area contributed by atoms with Crippen LogP contribution < -0.4 is 10.1 Å². The summed E-state index contributed by atoms with van der Waals surface area (Å²) in [7, 11) is 1.98. The molecule has 1 N–H and O–H groups in total. The summed E-state index contributed by atoms with van der Waals surface area (Å²) in [6.45, 7) is 1.90. The summed E-state index contributed by atoms with van der Waals surface area (Å²) in [6.07, 6.45) is 3.56. The van der Waals surface area contributed by atoms with Crippen molar-refractivity contribution >= 4 is 15.9 Å². The fourth-order valence-corrected chi connectivity index (χ4v) is 1.71. The van der Waals surface area contributed by atoms with E-state index >= 15 is 0 Å². The van der Waals surface area contributed by atoms with Crippen molar-refractivity contribution in [3.63, 3.8) is 0 Å². The van der Waals surface area contributed by atoms with Gasteiger partial charge in [0.1, 0.15) is 5.75 Å². The summed E-state index contributed by atoms with van der Waals surface area (Å²) in [6, 6.07) is 7.96. The number of unbranched alkanes of at least 4 members (excludes halogenated alkanes) is 2. The van der Waals surface area contributed by atoms with E-state index in [1.807, 2.05) is 31.3 Å². The van der Waals surface area contributed by atoms with Crippen LogP contribution >= 0.6 is 15.9 Å². The van der Waals surface area contributed by atoms with Gasteiger partial charge in [-0.25, -0.2) is 0 Å². The van der Waals surface area contributed by atoms with Crippen molar-refractivity contribution in [2.45, 2.75) is 19.3 Å². The zero-order valence-corrected chi connectivity index (χ0v) is 10.7. The van der Waals surface area contributed by atoms with E-state index in [0.717, 1.165) is 29.8 Å². The van der Waals surface area contributed by atoms with Gasteiger partial charge in [-0.15, -0.1) is 0 Å². The number of halogens is 1. The molecular weight excluding hydrogens is 254 g/mol. The molecule has 84 valence electrons. The Kier molecular flexibility index (Phi) is 6.44. The molecule has 0 aliphatic rings. The minimum atomic E-state index is 0.806. The maximum Gasteiger partial charge on any atom is 0.120 e. The van der Waals surface area contributed by atoms with E-state index in [2.05, 4.69) is 21.2 Å². The van der Waals surface area contributed by atoms with E-state index < -0.39 is 0 Å². The Morgan fingerprint density at radius 3 is 2.87 bits per heavy atom. The highest BCUT2D eigenvalue weighted by Crippen LogP contribution is 2.17. The lowest BCUT2D eigenvalue weighted by atomic mass is 10.2. The number of rotatable bonds is 7. The molecule has 0 bridgehead atoms. The second kappa shape index (κ2) is 7.71. The van der Waals surface area contributed by atoms with Gasteiger partial charge >= 0.3 is 0 Å². The lowest BCUT2D eigenvalue weighted by Gasteiger charge is -2.06. The van der Waals surface area contributed by atoms with E-state index in [1.54, 1.807) is 0 Å². The average Bonchev–Trinajstić information content (AvgIpc) is 2.23. The molecule has 0 aliphatic carbocycles. The van der Waals surface area contributed by atoms with Crippen LogP contribution in [0.1, 0.15) is 19.3 Å². The highest BCUT2D eigenvalue weighted by Gasteiger charge is 1.94. The number of hydrogen-bond acceptors (Lipinski definition) is 2. The molecule has 0 saturated heterocycles. The topological polar surface area (TPSA) is 21.3 Å². The predicted molar refractivity (Wildman–Crippen MR) is 67.4 cm³/mol. The molecule has 1 rings (SSSR count). The van der Waals surface area contributed by atoms with Crippen molar-refractivity contribution in [2.75, 3.05) is 20.2 Å². The highest BCUT2D eigenvalue weighted by atomic mass is 79.9. The van der Waals surface area contributed by atoms with Crippen LogP contribution in [0, 0.1) is 0 Å². The third-order valence-corrected chi connectivity index (χ3v) is 2.63. The molecule has 0 saturated carbocycles. The molecule has 0 aliphatic heterocycles. The zero-order valence-electron chi connectivity index (χ0n) is 9.13. The molecule has 0 fully saturated rings. The van der Waals surface area contributed by atoms with Crippen molar-refractivity contribution < 1.29 is 4.74 Å². The Morgan fingerprint density at radius 1 is 1.27 bits per heavy atom. The van der Waals surface area contributed by atoms with Crippen molar-refractivity contribution in [1.82, 2.24) is 5.32 Å². The van der Waals surface area contributed by atoms with E-state index in [0.29, 0.717) is 0 Å². The van der Waals surface area contributed by atoms with Gasteiger partial charge in [-0.1, -0.05) is 22.0 Å². The first-order valence-corrected chi connectivity index (χ1v) is 6.15. The smallest absolute Gasteiger partial charge is 0.120 e. The molecule has 0 atom stereocenters. The number of nitrogens with one attached hydrogen (secondary N) is 1. The summed E-state index contributed by atoms with van der Waals surface area (Å²) in [5.74, 6) is 0.943. The number of ether oxygens (including phenoxy) is 1. The molecule has 1 aromatic rings. The van der Waals surface area contributed by atoms with Crippen LogP contribution in [0.4, 0.5) is 0 Å². The van der Waals surface area contributed by atoms with Gasteiger partial charge in [0.25, 0.3) is 0 Å². The van der Waals surface area contributed by atoms with Crippen LogP contribution in [-0.4, -0.2) is 20.2 Å². The molecule has 0 heterocycles. The van der Waals surface area contributed by atoms with Crippen LogP contribution in [0.5, 0.6) is 5.75 Å². The van der Waals surface area contributed by atoms with Crippen LogP contribution in [-0.2, 0) is 0 Å². The summed E-state index contributed by atoms with van der Waals surface area (Å²) in [5.41, 5.74) is 0. The first kappa shape index (κ1) is 12.5. The van der Waals surface area contributed by atoms with Gasteiger partial charge in [0, 0.05) is 4.47 Å². The minimum Gasteiger partial charge on any atom is -0.494 e. The Hall–Kier alpha value is -0.540. The van der Waals surface area contributed by atoms with Crippen molar-refractivity contribution in [2.24, 2.45) is 0 Å². The van der Waals surface area contributed by atoms with Gasteiger partial charge in [-0.05, 0) is 51.1 Å². The Labute approximate surface area is 100 Å². The maximum atomic E-state index is 5.62. The van der Waals surface area contributed by atoms with E-state index in [4.69, 9.17) is 4.74 Å². The molecular formula is C12H18BrNO. The molecule has 3 heteroatoms. The van der Waals surface area contributed by atoms with E-state index in [9.17, 15) is 0 Å². The van der Waals surface area contributed by atoms with Gasteiger partial charge in [0.05, 0.1) is 6.61 Å². The van der Waals surface area contributed by atoms with Crippen LogP contribution in [0.2, 0.25) is 0 Å². The third kappa shape index (κ3) is 5.80. The van der Waals surface area contributed by atoms with E-state index in [-0.39, 0.29) is 0 Å². The normalized spacial score (nSPS) is 10.3. The number of hydrogen-bond donors (Lipinski definition) is 1. The van der Waals surface area contributed by atoms with Crippen molar-refractivity contribution in [1.29, 1.82) is 0 Å². The largest absolute Gasteiger partial charge is 0.494 e. The average molecular weight is 272 g/mol. The monoisotopic (exact) mass is 271 g/mol. The fourth-order valence-electron chi connectivity index (χ4n) is 1.33. The quantitative estimate of drug-likeness (QED) is 0.769. The maximum absolute atomic E-state index is 5.62. The molecule has 2 nitrogen and oxygen atoms in total. The van der Waals surface area contributed by atoms with Gasteiger partial charge in [-0.2, -0.15) is 0 Å². The Morgan fingerprint density at radius 2 is 2.13 bits per heavy atom. The molecule has 15 heavy (non-hydrogen) atoms. The Balaban J connectivity index is 2.10. The second-order valence-electron chi connectivity index (χ2n) is 3.47. The van der Waals surface area contributed by atoms with Crippen LogP contribution in [0.15, 0.2) is 28.7 Å². The summed E-state index contributed by atoms with van der Waals surface area (Å²) in [5, 5.41) is 3.14. The van der Waals surface area contributed by atoms with Gasteiger partial charge in [-0.3, -0.25) is 0 Å². The molecule has 0 spiro atoms. The highest BCUT2D eigenvalue weighted by molar-refractivity contribution is 9.10. The number of benzene rings is 1. The SMILES string of the molecule is CNCCCCCOc1cccc(Br)c1. The first-order valence-electron chi connectivity index (χ1n) is 5.36. The Bertz CT molecular complexity index is 278. The summed E-state index contributed by atoms with van der Waals surface area (Å²) < 4.78 is 6.68. The van der Waals surface area contributed by atoms with Gasteiger partial charge in [0.2, 0.25) is 0 Å². The zero-order chi connectivity index (χ0) is 10.9. The standard InChI is InChI=1S/C12H18BrNO/c1-14-8-3-2-4-9-15-12-7-5-6-11(13)10-12/h5-7,10,14H,2-4,8-9H2,1H3. The molecule has 1 aromatic carbocycles. The third-order valence-electron chi connectivity index (χ3n) is 2.14. The molecule has 0 aromatic heterocycles. The lowest BCUT2D eigenvalue weighted by Crippen LogP contribution is -2.07. The van der Waals surface area contributed by atoms with E-state index in [1.165, 1.54) is 12.8 Å².